The van der Waals surface area contributed by atoms with Gasteiger partial charge in [-0.15, -0.1) is 0 Å². The average Bonchev–Trinajstić information content (AvgIpc) is 3.54. The number of allylic oxidation sites excluding steroid dienone is 8. The number of rotatable bonds is 2. The Hall–Kier alpha value is -6.86. The lowest BCUT2D eigenvalue weighted by molar-refractivity contribution is 0.508. The van der Waals surface area contributed by atoms with E-state index in [0.29, 0.717) is 24.3 Å². The molecule has 0 aliphatic heterocycles. The highest BCUT2D eigenvalue weighted by atomic mass is 19.2. The molecule has 206 valence electrons. The van der Waals surface area contributed by atoms with E-state index in [1.165, 1.54) is 24.3 Å². The van der Waals surface area contributed by atoms with Crippen molar-refractivity contribution in [2.45, 2.75) is 0 Å². The molecule has 0 atom stereocenters. The lowest BCUT2D eigenvalue weighted by Gasteiger charge is -2.14. The first-order valence-corrected chi connectivity index (χ1v) is 12.0. The van der Waals surface area contributed by atoms with Gasteiger partial charge in [0.15, 0.2) is 23.3 Å². The van der Waals surface area contributed by atoms with Gasteiger partial charge in [0, 0.05) is 44.5 Å². The molecular weight excluding hydrogens is 582 g/mol. The van der Waals surface area contributed by atoms with Gasteiger partial charge in [0.1, 0.15) is 59.2 Å². The molecule has 0 saturated heterocycles. The van der Waals surface area contributed by atoms with Gasteiger partial charge in [0.05, 0.1) is 11.1 Å². The molecule has 0 aromatic heterocycles. The van der Waals surface area contributed by atoms with Crippen molar-refractivity contribution in [3.63, 3.8) is 0 Å². The maximum atomic E-state index is 16.9. The summed E-state index contributed by atoms with van der Waals surface area (Å²) in [6.07, 6.45) is 0. The van der Waals surface area contributed by atoms with Gasteiger partial charge in [0.2, 0.25) is 0 Å². The maximum Gasteiger partial charge on any atom is 0.159 e. The smallest absolute Gasteiger partial charge is 0.159 e. The second-order valence-electron chi connectivity index (χ2n) is 9.06. The molecule has 0 fully saturated rings. The molecule has 2 aliphatic carbocycles. The third-order valence-corrected chi connectivity index (χ3v) is 6.97. The van der Waals surface area contributed by atoms with Crippen molar-refractivity contribution < 1.29 is 26.3 Å². The fourth-order valence-electron chi connectivity index (χ4n) is 5.26. The van der Waals surface area contributed by atoms with E-state index in [2.05, 4.69) is 0 Å². The van der Waals surface area contributed by atoms with Crippen molar-refractivity contribution >= 4 is 33.4 Å². The SMILES string of the molecule is N#CC(C#N)=C1C(c2ccc(F)c(F)c2)=C(C#N)c2c(F)c3c(c(F)c21)C(=C(C#N)C#N)C(c1ccc(F)c(F)c1)=C3C#N. The number of hydrogen-bond donors (Lipinski definition) is 0. The average molecular weight is 588 g/mol. The molecule has 0 N–H and O–H groups in total. The molecule has 0 spiro atoms. The molecule has 6 nitrogen and oxygen atoms in total. The fourth-order valence-corrected chi connectivity index (χ4v) is 5.26. The largest absolute Gasteiger partial charge is 0.206 e. The van der Waals surface area contributed by atoms with E-state index in [1.54, 1.807) is 12.1 Å². The van der Waals surface area contributed by atoms with Crippen LogP contribution in [-0.2, 0) is 0 Å². The molecule has 0 radical (unpaired) electrons. The highest BCUT2D eigenvalue weighted by Crippen LogP contribution is 2.57. The minimum atomic E-state index is -1.50. The molecule has 3 aromatic carbocycles. The summed E-state index contributed by atoms with van der Waals surface area (Å²) in [7, 11) is 0. The van der Waals surface area contributed by atoms with Crippen LogP contribution in [0.5, 0.6) is 0 Å². The minimum Gasteiger partial charge on any atom is -0.206 e. The summed E-state index contributed by atoms with van der Waals surface area (Å²) >= 11 is 0. The van der Waals surface area contributed by atoms with E-state index in [1.807, 2.05) is 0 Å². The van der Waals surface area contributed by atoms with Crippen molar-refractivity contribution in [2.75, 3.05) is 0 Å². The van der Waals surface area contributed by atoms with Gasteiger partial charge in [-0.2, -0.15) is 31.6 Å². The quantitative estimate of drug-likeness (QED) is 0.233. The lowest BCUT2D eigenvalue weighted by Crippen LogP contribution is -2.05. The molecule has 5 rings (SSSR count). The highest BCUT2D eigenvalue weighted by Gasteiger charge is 2.44. The lowest BCUT2D eigenvalue weighted by atomic mass is 9.88. The molecule has 0 saturated carbocycles. The Morgan fingerprint density at radius 1 is 0.455 bits per heavy atom. The van der Waals surface area contributed by atoms with E-state index < -0.39 is 102 Å². The zero-order valence-electron chi connectivity index (χ0n) is 21.4. The summed E-state index contributed by atoms with van der Waals surface area (Å²) in [5, 5.41) is 59.1. The van der Waals surface area contributed by atoms with Crippen molar-refractivity contribution in [3.05, 3.63) is 116 Å². The first kappa shape index (κ1) is 28.7. The van der Waals surface area contributed by atoms with E-state index >= 15 is 8.78 Å². The number of nitriles is 6. The van der Waals surface area contributed by atoms with Crippen LogP contribution in [0, 0.1) is 103 Å². The van der Waals surface area contributed by atoms with Crippen LogP contribution in [0.15, 0.2) is 47.5 Å². The van der Waals surface area contributed by atoms with Gasteiger partial charge in [-0.1, -0.05) is 12.1 Å². The number of hydrogen-bond acceptors (Lipinski definition) is 6. The van der Waals surface area contributed by atoms with Crippen molar-refractivity contribution in [3.8, 4) is 36.4 Å². The zero-order chi connectivity index (χ0) is 32.0. The van der Waals surface area contributed by atoms with E-state index in [4.69, 9.17) is 0 Å². The van der Waals surface area contributed by atoms with Crippen LogP contribution in [0.25, 0.3) is 33.4 Å². The molecule has 2 aliphatic rings. The number of fused-ring (bicyclic) bond motifs is 2. The second-order valence-corrected chi connectivity index (χ2v) is 9.06. The number of nitrogens with zero attached hydrogens (tertiary/aromatic N) is 6. The summed E-state index contributed by atoms with van der Waals surface area (Å²) in [4.78, 5) is 0. The van der Waals surface area contributed by atoms with Crippen LogP contribution in [0.4, 0.5) is 26.3 Å². The normalized spacial score (nSPS) is 12.8. The Kier molecular flexibility index (Phi) is 6.85. The topological polar surface area (TPSA) is 143 Å². The van der Waals surface area contributed by atoms with E-state index in [9.17, 15) is 49.1 Å². The first-order valence-electron chi connectivity index (χ1n) is 12.0. The van der Waals surface area contributed by atoms with Gasteiger partial charge in [-0.05, 0) is 35.4 Å². The predicted octanol–water partition coefficient (Wildman–Crippen LogP) is 7.02. The molecule has 0 unspecified atom stereocenters. The van der Waals surface area contributed by atoms with Crippen LogP contribution < -0.4 is 0 Å². The Bertz CT molecular complexity index is 2110. The Morgan fingerprint density at radius 2 is 0.795 bits per heavy atom. The molecule has 3 aromatic rings. The summed E-state index contributed by atoms with van der Waals surface area (Å²) in [6.45, 7) is 0. The highest BCUT2D eigenvalue weighted by molar-refractivity contribution is 6.30. The maximum absolute atomic E-state index is 16.9. The van der Waals surface area contributed by atoms with Crippen LogP contribution in [0.3, 0.4) is 0 Å². The predicted molar refractivity (Wildman–Crippen MR) is 140 cm³/mol. The third kappa shape index (κ3) is 3.85. The van der Waals surface area contributed by atoms with Gasteiger partial charge in [0.25, 0.3) is 0 Å². The van der Waals surface area contributed by atoms with E-state index in [0.717, 1.165) is 12.1 Å². The van der Waals surface area contributed by atoms with Gasteiger partial charge < -0.3 is 0 Å². The third-order valence-electron chi connectivity index (χ3n) is 6.97. The number of benzene rings is 3. The molecule has 44 heavy (non-hydrogen) atoms. The van der Waals surface area contributed by atoms with Crippen LogP contribution >= 0.6 is 0 Å². The summed E-state index contributed by atoms with van der Waals surface area (Å²) in [6, 6.07) is 13.6. The number of halogens is 6. The monoisotopic (exact) mass is 588 g/mol. The fraction of sp³-hybridized carbons (Fsp3) is 0. The standard InChI is InChI=1S/C32H6F6N6/c33-19-3-1-13(5-21(19)35)23-17(11-43)27-29(25(23)15(7-39)8-40)32(38)30-26(16(9-41)10-42)24(18(12-44)28(30)31(27)37)14-2-4-20(34)22(36)6-14/h1-6H. The van der Waals surface area contributed by atoms with E-state index in [-0.39, 0.29) is 11.1 Å². The van der Waals surface area contributed by atoms with Crippen molar-refractivity contribution in [1.82, 2.24) is 0 Å². The van der Waals surface area contributed by atoms with Gasteiger partial charge >= 0.3 is 0 Å². The molecule has 12 heteroatoms. The minimum absolute atomic E-state index is 0.336. The molecule has 0 bridgehead atoms. The van der Waals surface area contributed by atoms with Gasteiger partial charge in [-0.25, -0.2) is 26.3 Å². The summed E-state index contributed by atoms with van der Waals surface area (Å²) < 4.78 is 89.7. The summed E-state index contributed by atoms with van der Waals surface area (Å²) in [5.74, 6) is -8.44. The molecular formula is C32H6F6N6. The first-order chi connectivity index (χ1) is 21.1. The van der Waals surface area contributed by atoms with Crippen LogP contribution in [0.2, 0.25) is 0 Å². The van der Waals surface area contributed by atoms with Crippen LogP contribution in [-0.4, -0.2) is 0 Å². The molecule has 0 heterocycles. The molecule has 0 amide bonds. The van der Waals surface area contributed by atoms with Gasteiger partial charge in [-0.3, -0.25) is 0 Å². The Morgan fingerprint density at radius 3 is 1.09 bits per heavy atom. The summed E-state index contributed by atoms with van der Waals surface area (Å²) in [5.41, 5.74) is -9.64. The Balaban J connectivity index is 2.04. The second kappa shape index (κ2) is 10.5. The van der Waals surface area contributed by atoms with Crippen molar-refractivity contribution in [1.29, 1.82) is 31.6 Å². The van der Waals surface area contributed by atoms with Crippen LogP contribution in [0.1, 0.15) is 33.4 Å². The Labute approximate surface area is 243 Å². The van der Waals surface area contributed by atoms with Crippen molar-refractivity contribution in [2.24, 2.45) is 0 Å². The zero-order valence-corrected chi connectivity index (χ0v) is 21.4.